The van der Waals surface area contributed by atoms with Crippen molar-refractivity contribution < 1.29 is 9.53 Å². The molecule has 0 radical (unpaired) electrons. The summed E-state index contributed by atoms with van der Waals surface area (Å²) in [7, 11) is 1.79. The van der Waals surface area contributed by atoms with Gasteiger partial charge >= 0.3 is 0 Å². The highest BCUT2D eigenvalue weighted by Crippen LogP contribution is 2.23. The van der Waals surface area contributed by atoms with E-state index in [2.05, 4.69) is 0 Å². The van der Waals surface area contributed by atoms with Gasteiger partial charge in [-0.3, -0.25) is 4.79 Å². The van der Waals surface area contributed by atoms with Crippen molar-refractivity contribution in [2.45, 2.75) is 6.10 Å². The molecule has 2 rings (SSSR count). The Morgan fingerprint density at radius 1 is 1.40 bits per heavy atom. The molecule has 1 unspecified atom stereocenters. The van der Waals surface area contributed by atoms with Crippen LogP contribution < -0.4 is 0 Å². The first-order chi connectivity index (χ1) is 7.16. The lowest BCUT2D eigenvalue weighted by Crippen LogP contribution is -2.40. The van der Waals surface area contributed by atoms with E-state index in [1.807, 2.05) is 24.3 Å². The second-order valence-corrected chi connectivity index (χ2v) is 4.06. The topological polar surface area (TPSA) is 29.5 Å². The van der Waals surface area contributed by atoms with Crippen LogP contribution >= 0.6 is 11.6 Å². The van der Waals surface area contributed by atoms with E-state index < -0.39 is 0 Å². The summed E-state index contributed by atoms with van der Waals surface area (Å²) in [6.45, 7) is 0.754. The standard InChI is InChI=1S/C11H12ClNO2/c1-13-6-10(15-7-11(13)14)8-2-4-9(12)5-3-8/h2-5,10H,6-7H2,1H3. The molecule has 1 amide bonds. The first-order valence-corrected chi connectivity index (χ1v) is 5.15. The van der Waals surface area contributed by atoms with Gasteiger partial charge < -0.3 is 9.64 Å². The fourth-order valence-corrected chi connectivity index (χ4v) is 1.69. The van der Waals surface area contributed by atoms with Gasteiger partial charge in [0.15, 0.2) is 0 Å². The van der Waals surface area contributed by atoms with Crippen molar-refractivity contribution in [3.8, 4) is 0 Å². The average molecular weight is 226 g/mol. The number of hydrogen-bond acceptors (Lipinski definition) is 2. The van der Waals surface area contributed by atoms with Gasteiger partial charge in [0.05, 0.1) is 6.54 Å². The molecule has 1 aromatic rings. The molecule has 1 saturated heterocycles. The number of ether oxygens (including phenoxy) is 1. The maximum absolute atomic E-state index is 11.2. The van der Waals surface area contributed by atoms with Crippen LogP contribution in [0.15, 0.2) is 24.3 Å². The summed E-state index contributed by atoms with van der Waals surface area (Å²) >= 11 is 5.80. The summed E-state index contributed by atoms with van der Waals surface area (Å²) in [4.78, 5) is 12.9. The largest absolute Gasteiger partial charge is 0.362 e. The predicted molar refractivity (Wildman–Crippen MR) is 57.8 cm³/mol. The van der Waals surface area contributed by atoms with Gasteiger partial charge in [0, 0.05) is 12.1 Å². The minimum Gasteiger partial charge on any atom is -0.362 e. The minimum atomic E-state index is -0.0371. The number of carbonyl (C=O) groups excluding carboxylic acids is 1. The molecule has 3 nitrogen and oxygen atoms in total. The molecule has 15 heavy (non-hydrogen) atoms. The maximum Gasteiger partial charge on any atom is 0.248 e. The molecular formula is C11H12ClNO2. The Labute approximate surface area is 93.6 Å². The number of likely N-dealkylation sites (N-methyl/N-ethyl adjacent to an activating group) is 1. The van der Waals surface area contributed by atoms with Crippen molar-refractivity contribution in [1.29, 1.82) is 0 Å². The van der Waals surface area contributed by atoms with Crippen molar-refractivity contribution in [3.63, 3.8) is 0 Å². The van der Waals surface area contributed by atoms with Crippen LogP contribution in [0.5, 0.6) is 0 Å². The van der Waals surface area contributed by atoms with Gasteiger partial charge in [-0.2, -0.15) is 0 Å². The number of nitrogens with zero attached hydrogens (tertiary/aromatic N) is 1. The zero-order chi connectivity index (χ0) is 10.8. The molecule has 1 aliphatic heterocycles. The molecule has 4 heteroatoms. The van der Waals surface area contributed by atoms with Crippen molar-refractivity contribution in [2.24, 2.45) is 0 Å². The summed E-state index contributed by atoms with van der Waals surface area (Å²) in [5.41, 5.74) is 1.05. The Hall–Kier alpha value is -1.06. The number of rotatable bonds is 1. The van der Waals surface area contributed by atoms with Crippen LogP contribution in [-0.2, 0) is 9.53 Å². The molecule has 1 heterocycles. The SMILES string of the molecule is CN1CC(c2ccc(Cl)cc2)OCC1=O. The van der Waals surface area contributed by atoms with Crippen molar-refractivity contribution in [2.75, 3.05) is 20.2 Å². The summed E-state index contributed by atoms with van der Waals surface area (Å²) < 4.78 is 5.45. The molecule has 0 spiro atoms. The third kappa shape index (κ3) is 2.30. The second-order valence-electron chi connectivity index (χ2n) is 3.63. The van der Waals surface area contributed by atoms with Gasteiger partial charge in [0.1, 0.15) is 12.7 Å². The fourth-order valence-electron chi connectivity index (χ4n) is 1.56. The van der Waals surface area contributed by atoms with Crippen LogP contribution in [0.2, 0.25) is 5.02 Å². The molecule has 0 aromatic heterocycles. The maximum atomic E-state index is 11.2. The van der Waals surface area contributed by atoms with Crippen LogP contribution in [0, 0.1) is 0 Å². The fraction of sp³-hybridized carbons (Fsp3) is 0.364. The monoisotopic (exact) mass is 225 g/mol. The zero-order valence-corrected chi connectivity index (χ0v) is 9.20. The highest BCUT2D eigenvalue weighted by molar-refractivity contribution is 6.30. The Bertz CT molecular complexity index is 363. The van der Waals surface area contributed by atoms with Crippen molar-refractivity contribution in [1.82, 2.24) is 4.90 Å². The summed E-state index contributed by atoms with van der Waals surface area (Å²) in [6.07, 6.45) is -0.0371. The number of carbonyl (C=O) groups is 1. The Kier molecular flexibility index (Phi) is 2.93. The third-order valence-corrected chi connectivity index (χ3v) is 2.77. The van der Waals surface area contributed by atoms with Crippen LogP contribution in [0.3, 0.4) is 0 Å². The molecular weight excluding hydrogens is 214 g/mol. The van der Waals surface area contributed by atoms with Gasteiger partial charge in [-0.05, 0) is 17.7 Å². The normalized spacial score (nSPS) is 21.9. The van der Waals surface area contributed by atoms with Crippen LogP contribution in [-0.4, -0.2) is 31.0 Å². The van der Waals surface area contributed by atoms with Crippen molar-refractivity contribution in [3.05, 3.63) is 34.9 Å². The van der Waals surface area contributed by atoms with Crippen molar-refractivity contribution >= 4 is 17.5 Å². The Morgan fingerprint density at radius 2 is 2.07 bits per heavy atom. The Balaban J connectivity index is 2.12. The molecule has 1 atom stereocenters. The molecule has 1 aliphatic rings. The summed E-state index contributed by atoms with van der Waals surface area (Å²) in [5, 5.41) is 0.707. The number of benzene rings is 1. The highest BCUT2D eigenvalue weighted by atomic mass is 35.5. The van der Waals surface area contributed by atoms with E-state index >= 15 is 0 Å². The van der Waals surface area contributed by atoms with Gasteiger partial charge in [-0.15, -0.1) is 0 Å². The predicted octanol–water partition coefficient (Wildman–Crippen LogP) is 1.87. The van der Waals surface area contributed by atoms with Gasteiger partial charge in [0.2, 0.25) is 5.91 Å². The number of hydrogen-bond donors (Lipinski definition) is 0. The Morgan fingerprint density at radius 3 is 2.67 bits per heavy atom. The van der Waals surface area contributed by atoms with E-state index in [0.29, 0.717) is 11.6 Å². The molecule has 0 N–H and O–H groups in total. The molecule has 80 valence electrons. The van der Waals surface area contributed by atoms with E-state index in [9.17, 15) is 4.79 Å². The summed E-state index contributed by atoms with van der Waals surface area (Å²) in [6, 6.07) is 7.51. The third-order valence-electron chi connectivity index (χ3n) is 2.52. The lowest BCUT2D eigenvalue weighted by Gasteiger charge is -2.30. The first kappa shape index (κ1) is 10.5. The van der Waals surface area contributed by atoms with E-state index in [1.165, 1.54) is 0 Å². The quantitative estimate of drug-likeness (QED) is 0.730. The molecule has 0 saturated carbocycles. The van der Waals surface area contributed by atoms with Gasteiger partial charge in [-0.1, -0.05) is 23.7 Å². The average Bonchev–Trinajstić information content (AvgIpc) is 2.23. The second kappa shape index (κ2) is 4.21. The van der Waals surface area contributed by atoms with Gasteiger partial charge in [0.25, 0.3) is 0 Å². The minimum absolute atomic E-state index is 0.0280. The number of halogens is 1. The van der Waals surface area contributed by atoms with Crippen LogP contribution in [0.4, 0.5) is 0 Å². The molecule has 1 fully saturated rings. The smallest absolute Gasteiger partial charge is 0.248 e. The molecule has 0 bridgehead atoms. The van der Waals surface area contributed by atoms with E-state index in [-0.39, 0.29) is 18.6 Å². The van der Waals surface area contributed by atoms with E-state index in [0.717, 1.165) is 5.56 Å². The molecule has 0 aliphatic carbocycles. The van der Waals surface area contributed by atoms with E-state index in [4.69, 9.17) is 16.3 Å². The number of amides is 1. The molecule has 1 aromatic carbocycles. The van der Waals surface area contributed by atoms with Crippen LogP contribution in [0.25, 0.3) is 0 Å². The van der Waals surface area contributed by atoms with Gasteiger partial charge in [-0.25, -0.2) is 0 Å². The van der Waals surface area contributed by atoms with E-state index in [1.54, 1.807) is 11.9 Å². The van der Waals surface area contributed by atoms with Crippen LogP contribution in [0.1, 0.15) is 11.7 Å². The summed E-state index contributed by atoms with van der Waals surface area (Å²) in [5.74, 6) is 0.0280. The lowest BCUT2D eigenvalue weighted by molar-refractivity contribution is -0.147. The first-order valence-electron chi connectivity index (χ1n) is 4.78. The zero-order valence-electron chi connectivity index (χ0n) is 8.44. The lowest BCUT2D eigenvalue weighted by atomic mass is 10.1. The number of morpholine rings is 1. The highest BCUT2D eigenvalue weighted by Gasteiger charge is 2.24.